The number of methoxy groups -OCH3 is 1. The number of aliphatic hydroxyl groups is 1. The number of ether oxygens (including phenoxy) is 2. The fourth-order valence-electron chi connectivity index (χ4n) is 2.04. The molecule has 0 aliphatic heterocycles. The number of hydrogen-bond acceptors (Lipinski definition) is 4. The molecule has 4 nitrogen and oxygen atoms in total. The van der Waals surface area contributed by atoms with Gasteiger partial charge in [-0.3, -0.25) is 0 Å². The highest BCUT2D eigenvalue weighted by molar-refractivity contribution is 9.10. The van der Waals surface area contributed by atoms with Crippen LogP contribution in [0.1, 0.15) is 38.7 Å². The summed E-state index contributed by atoms with van der Waals surface area (Å²) in [6.07, 6.45) is 2.48. The summed E-state index contributed by atoms with van der Waals surface area (Å²) in [5.41, 5.74) is 1.09. The van der Waals surface area contributed by atoms with Gasteiger partial charge >= 0.3 is 0 Å². The van der Waals surface area contributed by atoms with Crippen molar-refractivity contribution in [2.45, 2.75) is 45.8 Å². The van der Waals surface area contributed by atoms with E-state index in [0.29, 0.717) is 19.7 Å². The van der Waals surface area contributed by atoms with E-state index in [1.165, 1.54) is 0 Å². The average Bonchev–Trinajstić information content (AvgIpc) is 2.46. The second kappa shape index (κ2) is 10.0. The molecule has 5 heteroatoms. The third kappa shape index (κ3) is 6.24. The van der Waals surface area contributed by atoms with Crippen molar-refractivity contribution < 1.29 is 14.6 Å². The zero-order valence-electron chi connectivity index (χ0n) is 13.1. The van der Waals surface area contributed by atoms with Crippen LogP contribution in [0, 0.1) is 0 Å². The lowest BCUT2D eigenvalue weighted by Gasteiger charge is -2.15. The van der Waals surface area contributed by atoms with E-state index in [1.54, 1.807) is 7.11 Å². The van der Waals surface area contributed by atoms with Gasteiger partial charge in [-0.05, 0) is 46.5 Å². The Morgan fingerprint density at radius 1 is 1.29 bits per heavy atom. The summed E-state index contributed by atoms with van der Waals surface area (Å²) >= 11 is 3.53. The predicted molar refractivity (Wildman–Crippen MR) is 89.1 cm³/mol. The highest BCUT2D eigenvalue weighted by Crippen LogP contribution is 2.36. The van der Waals surface area contributed by atoms with E-state index in [2.05, 4.69) is 35.1 Å². The summed E-state index contributed by atoms with van der Waals surface area (Å²) in [6.45, 7) is 6.09. The smallest absolute Gasteiger partial charge is 0.175 e. The molecule has 120 valence electrons. The maximum absolute atomic E-state index is 9.71. The zero-order chi connectivity index (χ0) is 15.7. The number of rotatable bonds is 10. The molecule has 0 heterocycles. The maximum Gasteiger partial charge on any atom is 0.175 e. The fraction of sp³-hybridized carbons (Fsp3) is 0.625. The lowest BCUT2D eigenvalue weighted by Crippen LogP contribution is -2.26. The van der Waals surface area contributed by atoms with Crippen molar-refractivity contribution in [2.75, 3.05) is 20.3 Å². The minimum absolute atomic E-state index is 0.285. The molecule has 21 heavy (non-hydrogen) atoms. The van der Waals surface area contributed by atoms with Crippen molar-refractivity contribution in [3.8, 4) is 11.5 Å². The Hall–Kier alpha value is -0.780. The first-order valence-corrected chi connectivity index (χ1v) is 8.29. The van der Waals surface area contributed by atoms with Crippen molar-refractivity contribution in [2.24, 2.45) is 0 Å². The van der Waals surface area contributed by atoms with Gasteiger partial charge in [0, 0.05) is 13.1 Å². The molecular formula is C16H26BrNO3. The van der Waals surface area contributed by atoms with E-state index in [9.17, 15) is 5.11 Å². The van der Waals surface area contributed by atoms with E-state index in [4.69, 9.17) is 9.47 Å². The van der Waals surface area contributed by atoms with Crippen LogP contribution < -0.4 is 14.8 Å². The summed E-state index contributed by atoms with van der Waals surface area (Å²) in [7, 11) is 1.64. The molecule has 1 aromatic rings. The van der Waals surface area contributed by atoms with Gasteiger partial charge in [0.05, 0.1) is 24.3 Å². The molecule has 0 aliphatic carbocycles. The normalized spacial score (nSPS) is 12.2. The predicted octanol–water partition coefficient (Wildman–Crippen LogP) is 3.50. The largest absolute Gasteiger partial charge is 0.493 e. The second-order valence-corrected chi connectivity index (χ2v) is 5.89. The van der Waals surface area contributed by atoms with Crippen molar-refractivity contribution >= 4 is 15.9 Å². The van der Waals surface area contributed by atoms with Crippen LogP contribution in [-0.2, 0) is 6.54 Å². The van der Waals surface area contributed by atoms with Crippen LogP contribution in [0.4, 0.5) is 0 Å². The van der Waals surface area contributed by atoms with Crippen LogP contribution in [0.3, 0.4) is 0 Å². The molecule has 2 N–H and O–H groups in total. The molecule has 0 amide bonds. The van der Waals surface area contributed by atoms with Gasteiger partial charge in [-0.1, -0.05) is 20.3 Å². The molecular weight excluding hydrogens is 334 g/mol. The average molecular weight is 360 g/mol. The Kier molecular flexibility index (Phi) is 8.73. The second-order valence-electron chi connectivity index (χ2n) is 5.03. The topological polar surface area (TPSA) is 50.7 Å². The molecule has 0 aliphatic rings. The molecule has 1 rings (SSSR count). The van der Waals surface area contributed by atoms with E-state index in [0.717, 1.165) is 40.8 Å². The fourth-order valence-corrected chi connectivity index (χ4v) is 2.64. The summed E-state index contributed by atoms with van der Waals surface area (Å²) < 4.78 is 12.0. The Morgan fingerprint density at radius 2 is 2.05 bits per heavy atom. The van der Waals surface area contributed by atoms with Gasteiger partial charge in [0.25, 0.3) is 0 Å². The van der Waals surface area contributed by atoms with Crippen molar-refractivity contribution in [3.63, 3.8) is 0 Å². The van der Waals surface area contributed by atoms with Crippen molar-refractivity contribution in [1.82, 2.24) is 5.32 Å². The zero-order valence-corrected chi connectivity index (χ0v) is 14.7. The van der Waals surface area contributed by atoms with Crippen molar-refractivity contribution in [3.05, 3.63) is 22.2 Å². The minimum Gasteiger partial charge on any atom is -0.493 e. The molecule has 1 atom stereocenters. The van der Waals surface area contributed by atoms with Gasteiger partial charge in [0.1, 0.15) is 0 Å². The summed E-state index contributed by atoms with van der Waals surface area (Å²) in [5.74, 6) is 1.47. The number of hydrogen-bond donors (Lipinski definition) is 2. The Morgan fingerprint density at radius 3 is 2.67 bits per heavy atom. The number of nitrogens with one attached hydrogen (secondary N) is 1. The molecule has 1 aromatic carbocycles. The molecule has 0 saturated carbocycles. The molecule has 0 aromatic heterocycles. The Bertz CT molecular complexity index is 426. The van der Waals surface area contributed by atoms with Crippen LogP contribution in [-0.4, -0.2) is 31.5 Å². The SMILES string of the molecule is CCCOc1c(Br)cc(CNCC(O)CCC)cc1OC. The van der Waals surface area contributed by atoms with Gasteiger partial charge in [-0.2, -0.15) is 0 Å². The third-order valence-electron chi connectivity index (χ3n) is 3.07. The minimum atomic E-state index is -0.285. The Balaban J connectivity index is 2.65. The monoisotopic (exact) mass is 359 g/mol. The van der Waals surface area contributed by atoms with E-state index >= 15 is 0 Å². The standard InChI is InChI=1S/C16H26BrNO3/c1-4-6-13(19)11-18-10-12-8-14(17)16(21-7-5-2)15(9-12)20-3/h8-9,13,18-19H,4-7,10-11H2,1-3H3. The van der Waals surface area contributed by atoms with Gasteiger partial charge in [-0.25, -0.2) is 0 Å². The molecule has 0 radical (unpaired) electrons. The number of aliphatic hydroxyl groups excluding tert-OH is 1. The van der Waals surface area contributed by atoms with Gasteiger partial charge < -0.3 is 19.9 Å². The molecule has 0 bridgehead atoms. The first-order chi connectivity index (χ1) is 10.1. The molecule has 0 spiro atoms. The summed E-state index contributed by atoms with van der Waals surface area (Å²) in [4.78, 5) is 0. The lowest BCUT2D eigenvalue weighted by molar-refractivity contribution is 0.160. The highest BCUT2D eigenvalue weighted by Gasteiger charge is 2.11. The van der Waals surface area contributed by atoms with Crippen LogP contribution in [0.15, 0.2) is 16.6 Å². The van der Waals surface area contributed by atoms with E-state index in [-0.39, 0.29) is 6.10 Å². The molecule has 1 unspecified atom stereocenters. The van der Waals surface area contributed by atoms with Crippen LogP contribution in [0.25, 0.3) is 0 Å². The molecule has 0 saturated heterocycles. The first kappa shape index (κ1) is 18.3. The maximum atomic E-state index is 9.71. The highest BCUT2D eigenvalue weighted by atomic mass is 79.9. The van der Waals surface area contributed by atoms with Gasteiger partial charge in [0.2, 0.25) is 0 Å². The van der Waals surface area contributed by atoms with Crippen LogP contribution in [0.2, 0.25) is 0 Å². The number of benzene rings is 1. The van der Waals surface area contributed by atoms with Crippen molar-refractivity contribution in [1.29, 1.82) is 0 Å². The quantitative estimate of drug-likeness (QED) is 0.671. The van der Waals surface area contributed by atoms with Crippen LogP contribution in [0.5, 0.6) is 11.5 Å². The first-order valence-electron chi connectivity index (χ1n) is 7.50. The lowest BCUT2D eigenvalue weighted by atomic mass is 10.2. The van der Waals surface area contributed by atoms with Gasteiger partial charge in [0.15, 0.2) is 11.5 Å². The summed E-state index contributed by atoms with van der Waals surface area (Å²) in [5, 5.41) is 13.0. The van der Waals surface area contributed by atoms with Gasteiger partial charge in [-0.15, -0.1) is 0 Å². The summed E-state index contributed by atoms with van der Waals surface area (Å²) in [6, 6.07) is 3.99. The third-order valence-corrected chi connectivity index (χ3v) is 3.66. The van der Waals surface area contributed by atoms with E-state index < -0.39 is 0 Å². The molecule has 0 fully saturated rings. The van der Waals surface area contributed by atoms with Crippen LogP contribution >= 0.6 is 15.9 Å². The van der Waals surface area contributed by atoms with E-state index in [1.807, 2.05) is 12.1 Å². The number of halogens is 1. The Labute approximate surface area is 136 Å².